The Kier molecular flexibility index (Phi) is 5.08. The molecule has 104 valence electrons. The summed E-state index contributed by atoms with van der Waals surface area (Å²) < 4.78 is 0. The van der Waals surface area contributed by atoms with E-state index >= 15 is 0 Å². The van der Waals surface area contributed by atoms with Crippen molar-refractivity contribution >= 4 is 29.1 Å². The van der Waals surface area contributed by atoms with Crippen molar-refractivity contribution in [3.63, 3.8) is 0 Å². The lowest BCUT2D eigenvalue weighted by molar-refractivity contribution is -0.126. The van der Waals surface area contributed by atoms with Crippen LogP contribution in [-0.4, -0.2) is 25.5 Å². The summed E-state index contributed by atoms with van der Waals surface area (Å²) in [6.07, 6.45) is 0.695. The van der Waals surface area contributed by atoms with Gasteiger partial charge in [-0.05, 0) is 37.1 Å². The molecule has 2 rings (SSSR count). The zero-order valence-corrected chi connectivity index (χ0v) is 12.4. The molecule has 0 saturated carbocycles. The fourth-order valence-corrected chi connectivity index (χ4v) is 2.52. The van der Waals surface area contributed by atoms with E-state index in [1.165, 1.54) is 0 Å². The van der Waals surface area contributed by atoms with Crippen molar-refractivity contribution in [2.75, 3.05) is 19.6 Å². The maximum atomic E-state index is 11.9. The molecule has 1 amide bonds. The molecule has 1 atom stereocenters. The first kappa shape index (κ1) is 14.6. The molecule has 19 heavy (non-hydrogen) atoms. The third-order valence-corrected chi connectivity index (χ3v) is 4.52. The van der Waals surface area contributed by atoms with Gasteiger partial charge in [-0.15, -0.1) is 0 Å². The summed E-state index contributed by atoms with van der Waals surface area (Å²) in [5.74, 6) is 0.649. The molecule has 5 heteroatoms. The molecule has 1 fully saturated rings. The molecule has 1 unspecified atom stereocenters. The lowest BCUT2D eigenvalue weighted by atomic mass is 9.88. The Hall–Kier alpha value is -0.770. The lowest BCUT2D eigenvalue weighted by Crippen LogP contribution is -2.49. The monoisotopic (exact) mass is 300 g/mol. The number of halogens is 2. The highest BCUT2D eigenvalue weighted by atomic mass is 35.5. The average Bonchev–Trinajstić information content (AvgIpc) is 2.32. The first-order valence-corrected chi connectivity index (χ1v) is 7.26. The topological polar surface area (TPSA) is 41.1 Å². The fraction of sp³-hybridized carbons (Fsp3) is 0.500. The third kappa shape index (κ3) is 3.62. The number of hydrogen-bond acceptors (Lipinski definition) is 2. The minimum Gasteiger partial charge on any atom is -0.356 e. The summed E-state index contributed by atoms with van der Waals surface area (Å²) in [6, 6.07) is 5.56. The van der Waals surface area contributed by atoms with Gasteiger partial charge < -0.3 is 10.6 Å². The summed E-state index contributed by atoms with van der Waals surface area (Å²) in [7, 11) is 0. The molecular formula is C14H18Cl2N2O. The molecular weight excluding hydrogens is 283 g/mol. The van der Waals surface area contributed by atoms with Crippen molar-refractivity contribution in [3.05, 3.63) is 33.8 Å². The van der Waals surface area contributed by atoms with Crippen LogP contribution < -0.4 is 10.6 Å². The maximum absolute atomic E-state index is 11.9. The van der Waals surface area contributed by atoms with Crippen LogP contribution in [0.2, 0.25) is 10.0 Å². The Morgan fingerprint density at radius 2 is 2.21 bits per heavy atom. The third-order valence-electron chi connectivity index (χ3n) is 3.66. The van der Waals surface area contributed by atoms with Gasteiger partial charge in [-0.3, -0.25) is 4.79 Å². The highest BCUT2D eigenvalue weighted by Crippen LogP contribution is 2.25. The van der Waals surface area contributed by atoms with Crippen molar-refractivity contribution in [1.29, 1.82) is 0 Å². The van der Waals surface area contributed by atoms with Crippen LogP contribution in [0.1, 0.15) is 12.5 Å². The molecule has 0 spiro atoms. The number of amides is 1. The average molecular weight is 301 g/mol. The van der Waals surface area contributed by atoms with Crippen LogP contribution >= 0.6 is 23.2 Å². The van der Waals surface area contributed by atoms with E-state index < -0.39 is 0 Å². The largest absolute Gasteiger partial charge is 0.356 e. The molecule has 1 heterocycles. The van der Waals surface area contributed by atoms with Gasteiger partial charge in [-0.1, -0.05) is 42.3 Å². The van der Waals surface area contributed by atoms with Crippen molar-refractivity contribution in [1.82, 2.24) is 10.6 Å². The summed E-state index contributed by atoms with van der Waals surface area (Å²) in [5, 5.41) is 7.27. The first-order valence-electron chi connectivity index (χ1n) is 6.51. The Bertz CT molecular complexity index is 461. The van der Waals surface area contributed by atoms with Gasteiger partial charge in [0.05, 0.1) is 10.0 Å². The Morgan fingerprint density at radius 1 is 1.47 bits per heavy atom. The Balaban J connectivity index is 1.79. The lowest BCUT2D eigenvalue weighted by Gasteiger charge is -2.31. The standard InChI is InChI=1S/C14H18Cl2N2O/c1-9(11-7-17-8-11)14(19)18-6-5-10-3-2-4-12(15)13(10)16/h2-4,9,11,17H,5-8H2,1H3,(H,18,19). The number of benzene rings is 1. The van der Waals surface area contributed by atoms with E-state index in [1.54, 1.807) is 6.07 Å². The van der Waals surface area contributed by atoms with Gasteiger partial charge in [-0.2, -0.15) is 0 Å². The minimum absolute atomic E-state index is 0.0658. The van der Waals surface area contributed by atoms with E-state index in [9.17, 15) is 4.79 Å². The van der Waals surface area contributed by atoms with E-state index in [4.69, 9.17) is 23.2 Å². The molecule has 0 aromatic heterocycles. The number of hydrogen-bond donors (Lipinski definition) is 2. The van der Waals surface area contributed by atoms with Crippen molar-refractivity contribution in [2.24, 2.45) is 11.8 Å². The van der Waals surface area contributed by atoms with E-state index in [-0.39, 0.29) is 11.8 Å². The zero-order chi connectivity index (χ0) is 13.8. The van der Waals surface area contributed by atoms with Crippen LogP contribution in [0.5, 0.6) is 0 Å². The highest BCUT2D eigenvalue weighted by molar-refractivity contribution is 6.42. The van der Waals surface area contributed by atoms with Crippen molar-refractivity contribution < 1.29 is 4.79 Å². The molecule has 3 nitrogen and oxygen atoms in total. The molecule has 0 bridgehead atoms. The normalized spacial score (nSPS) is 16.8. The van der Waals surface area contributed by atoms with Crippen molar-refractivity contribution in [3.8, 4) is 0 Å². The van der Waals surface area contributed by atoms with Gasteiger partial charge in [0.15, 0.2) is 0 Å². The van der Waals surface area contributed by atoms with Crippen LogP contribution in [0.25, 0.3) is 0 Å². The number of rotatable bonds is 5. The van der Waals surface area contributed by atoms with Gasteiger partial charge in [0, 0.05) is 12.5 Å². The Morgan fingerprint density at radius 3 is 2.84 bits per heavy atom. The van der Waals surface area contributed by atoms with E-state index in [0.29, 0.717) is 28.9 Å². The maximum Gasteiger partial charge on any atom is 0.223 e. The zero-order valence-electron chi connectivity index (χ0n) is 10.9. The van der Waals surface area contributed by atoms with Crippen LogP contribution in [0.15, 0.2) is 18.2 Å². The molecule has 1 saturated heterocycles. The number of carbonyl (C=O) groups is 1. The van der Waals surface area contributed by atoms with Gasteiger partial charge in [-0.25, -0.2) is 0 Å². The molecule has 1 aromatic rings. The van der Waals surface area contributed by atoms with Crippen LogP contribution in [0.4, 0.5) is 0 Å². The predicted octanol–water partition coefficient (Wildman–Crippen LogP) is 2.51. The van der Waals surface area contributed by atoms with Crippen LogP contribution in [0.3, 0.4) is 0 Å². The number of carbonyl (C=O) groups excluding carboxylic acids is 1. The van der Waals surface area contributed by atoms with E-state index in [1.807, 2.05) is 19.1 Å². The van der Waals surface area contributed by atoms with E-state index in [2.05, 4.69) is 10.6 Å². The quantitative estimate of drug-likeness (QED) is 0.877. The first-order chi connectivity index (χ1) is 9.09. The smallest absolute Gasteiger partial charge is 0.223 e. The summed E-state index contributed by atoms with van der Waals surface area (Å²) in [5.41, 5.74) is 0.965. The van der Waals surface area contributed by atoms with Gasteiger partial charge >= 0.3 is 0 Å². The predicted molar refractivity (Wildman–Crippen MR) is 78.7 cm³/mol. The molecule has 0 aliphatic carbocycles. The summed E-state index contributed by atoms with van der Waals surface area (Å²) in [4.78, 5) is 11.9. The van der Waals surface area contributed by atoms with Gasteiger partial charge in [0.1, 0.15) is 0 Å². The second-order valence-electron chi connectivity index (χ2n) is 4.96. The fourth-order valence-electron chi connectivity index (χ4n) is 2.10. The number of nitrogens with one attached hydrogen (secondary N) is 2. The van der Waals surface area contributed by atoms with Gasteiger partial charge in [0.2, 0.25) is 5.91 Å². The molecule has 1 aliphatic heterocycles. The second-order valence-corrected chi connectivity index (χ2v) is 5.75. The molecule has 1 aromatic carbocycles. The van der Waals surface area contributed by atoms with Gasteiger partial charge in [0.25, 0.3) is 0 Å². The second kappa shape index (κ2) is 6.60. The van der Waals surface area contributed by atoms with Crippen LogP contribution in [-0.2, 0) is 11.2 Å². The molecule has 2 N–H and O–H groups in total. The molecule has 0 radical (unpaired) electrons. The highest BCUT2D eigenvalue weighted by Gasteiger charge is 2.28. The Labute approximate surface area is 123 Å². The summed E-state index contributed by atoms with van der Waals surface area (Å²) >= 11 is 12.0. The SMILES string of the molecule is CC(C(=O)NCCc1cccc(Cl)c1Cl)C1CNC1. The molecule has 1 aliphatic rings. The summed E-state index contributed by atoms with van der Waals surface area (Å²) in [6.45, 7) is 4.44. The minimum atomic E-state index is 0.0658. The van der Waals surface area contributed by atoms with Crippen molar-refractivity contribution in [2.45, 2.75) is 13.3 Å². The van der Waals surface area contributed by atoms with Crippen LogP contribution in [0, 0.1) is 11.8 Å². The van der Waals surface area contributed by atoms with E-state index in [0.717, 1.165) is 18.7 Å².